The van der Waals surface area contributed by atoms with E-state index in [1.807, 2.05) is 38.1 Å². The van der Waals surface area contributed by atoms with Crippen LogP contribution in [0.5, 0.6) is 11.5 Å². The summed E-state index contributed by atoms with van der Waals surface area (Å²) in [6.45, 7) is 3.86. The van der Waals surface area contributed by atoms with Gasteiger partial charge in [-0.25, -0.2) is 0 Å². The van der Waals surface area contributed by atoms with Crippen molar-refractivity contribution in [2.24, 2.45) is 0 Å². The van der Waals surface area contributed by atoms with Gasteiger partial charge < -0.3 is 14.3 Å². The zero-order valence-corrected chi connectivity index (χ0v) is 10.3. The summed E-state index contributed by atoms with van der Waals surface area (Å²) in [5.41, 5.74) is 1.52. The third kappa shape index (κ3) is 1.59. The second-order valence-electron chi connectivity index (χ2n) is 4.55. The third-order valence-electron chi connectivity index (χ3n) is 2.83. The molecule has 0 amide bonds. The van der Waals surface area contributed by atoms with Gasteiger partial charge in [-0.3, -0.25) is 0 Å². The lowest BCUT2D eigenvalue weighted by atomic mass is 10.1. The van der Waals surface area contributed by atoms with Crippen LogP contribution in [-0.4, -0.2) is 11.2 Å². The van der Waals surface area contributed by atoms with Crippen LogP contribution in [0.2, 0.25) is 0 Å². The molecule has 3 aromatic rings. The summed E-state index contributed by atoms with van der Waals surface area (Å²) < 4.78 is 11.5. The number of aromatic hydroxyl groups is 1. The highest BCUT2D eigenvalue weighted by atomic mass is 16.5. The van der Waals surface area contributed by atoms with Crippen molar-refractivity contribution in [2.45, 2.75) is 20.0 Å². The summed E-state index contributed by atoms with van der Waals surface area (Å²) >= 11 is 0. The standard InChI is InChI=1S/C15H14O3/c1-9(2)17-15-11(16)7-8-13-14(15)10-5-3-4-6-12(10)18-13/h3-9,16H,1-2H3. The fourth-order valence-corrected chi connectivity index (χ4v) is 2.13. The molecule has 3 nitrogen and oxygen atoms in total. The van der Waals surface area contributed by atoms with Gasteiger partial charge >= 0.3 is 0 Å². The smallest absolute Gasteiger partial charge is 0.173 e. The number of fused-ring (bicyclic) bond motifs is 3. The van der Waals surface area contributed by atoms with Crippen LogP contribution >= 0.6 is 0 Å². The summed E-state index contributed by atoms with van der Waals surface area (Å²) in [6.07, 6.45) is -0.00448. The van der Waals surface area contributed by atoms with E-state index in [-0.39, 0.29) is 11.9 Å². The molecule has 0 fully saturated rings. The van der Waals surface area contributed by atoms with Crippen molar-refractivity contribution >= 4 is 21.9 Å². The van der Waals surface area contributed by atoms with Crippen molar-refractivity contribution in [3.63, 3.8) is 0 Å². The fourth-order valence-electron chi connectivity index (χ4n) is 2.13. The highest BCUT2D eigenvalue weighted by Crippen LogP contribution is 2.41. The normalized spacial score (nSPS) is 11.5. The Morgan fingerprint density at radius 1 is 1.06 bits per heavy atom. The van der Waals surface area contributed by atoms with Crippen molar-refractivity contribution in [1.82, 2.24) is 0 Å². The van der Waals surface area contributed by atoms with E-state index >= 15 is 0 Å². The Balaban J connectivity index is 2.40. The number of hydrogen-bond acceptors (Lipinski definition) is 3. The SMILES string of the molecule is CC(C)Oc1c(O)ccc2oc3ccccc3c12. The second kappa shape index (κ2) is 3.95. The number of furan rings is 1. The molecule has 3 heteroatoms. The fraction of sp³-hybridized carbons (Fsp3) is 0.200. The van der Waals surface area contributed by atoms with Crippen molar-refractivity contribution in [3.05, 3.63) is 36.4 Å². The first-order chi connectivity index (χ1) is 8.66. The maximum absolute atomic E-state index is 9.97. The number of hydrogen-bond donors (Lipinski definition) is 1. The first-order valence-electron chi connectivity index (χ1n) is 5.96. The van der Waals surface area contributed by atoms with E-state index in [0.29, 0.717) is 5.75 Å². The van der Waals surface area contributed by atoms with Gasteiger partial charge in [-0.05, 0) is 32.0 Å². The van der Waals surface area contributed by atoms with Crippen molar-refractivity contribution < 1.29 is 14.3 Å². The van der Waals surface area contributed by atoms with Gasteiger partial charge in [0.1, 0.15) is 11.2 Å². The number of benzene rings is 2. The number of para-hydroxylation sites is 1. The summed E-state index contributed by atoms with van der Waals surface area (Å²) in [4.78, 5) is 0. The Bertz CT molecular complexity index is 710. The zero-order valence-electron chi connectivity index (χ0n) is 10.3. The van der Waals surface area contributed by atoms with E-state index in [4.69, 9.17) is 9.15 Å². The van der Waals surface area contributed by atoms with Gasteiger partial charge in [-0.2, -0.15) is 0 Å². The molecular formula is C15H14O3. The number of phenols is 1. The van der Waals surface area contributed by atoms with Crippen LogP contribution < -0.4 is 4.74 Å². The lowest BCUT2D eigenvalue weighted by molar-refractivity contribution is 0.235. The lowest BCUT2D eigenvalue weighted by Gasteiger charge is -2.12. The molecule has 0 unspecified atom stereocenters. The van der Waals surface area contributed by atoms with Gasteiger partial charge in [0, 0.05) is 5.39 Å². The van der Waals surface area contributed by atoms with Crippen LogP contribution in [0.4, 0.5) is 0 Å². The highest BCUT2D eigenvalue weighted by Gasteiger charge is 2.16. The third-order valence-corrected chi connectivity index (χ3v) is 2.83. The average Bonchev–Trinajstić information content (AvgIpc) is 2.71. The molecule has 0 aliphatic heterocycles. The largest absolute Gasteiger partial charge is 0.504 e. The van der Waals surface area contributed by atoms with E-state index in [1.54, 1.807) is 12.1 Å². The molecule has 1 aromatic heterocycles. The Kier molecular flexibility index (Phi) is 2.40. The molecule has 3 rings (SSSR count). The Morgan fingerprint density at radius 2 is 1.83 bits per heavy atom. The molecule has 1 N–H and O–H groups in total. The quantitative estimate of drug-likeness (QED) is 0.736. The van der Waals surface area contributed by atoms with E-state index in [2.05, 4.69) is 0 Å². The molecule has 1 heterocycles. The summed E-state index contributed by atoms with van der Waals surface area (Å²) in [7, 11) is 0. The van der Waals surface area contributed by atoms with Crippen LogP contribution in [0, 0.1) is 0 Å². The summed E-state index contributed by atoms with van der Waals surface area (Å²) in [5, 5.41) is 11.8. The summed E-state index contributed by atoms with van der Waals surface area (Å²) in [6, 6.07) is 11.1. The molecular weight excluding hydrogens is 228 g/mol. The molecule has 0 bridgehead atoms. The highest BCUT2D eigenvalue weighted by molar-refractivity contribution is 6.09. The molecule has 0 aliphatic rings. The topological polar surface area (TPSA) is 42.6 Å². The van der Waals surface area contributed by atoms with E-state index in [1.165, 1.54) is 0 Å². The summed E-state index contributed by atoms with van der Waals surface area (Å²) in [5.74, 6) is 0.634. The van der Waals surface area contributed by atoms with E-state index in [0.717, 1.165) is 21.9 Å². The minimum absolute atomic E-state index is 0.00448. The molecule has 0 aliphatic carbocycles. The minimum atomic E-state index is -0.00448. The predicted octanol–water partition coefficient (Wildman–Crippen LogP) is 4.08. The van der Waals surface area contributed by atoms with Crippen LogP contribution in [-0.2, 0) is 0 Å². The van der Waals surface area contributed by atoms with Crippen molar-refractivity contribution in [2.75, 3.05) is 0 Å². The predicted molar refractivity (Wildman–Crippen MR) is 71.1 cm³/mol. The first-order valence-corrected chi connectivity index (χ1v) is 5.96. The molecule has 92 valence electrons. The van der Waals surface area contributed by atoms with Gasteiger partial charge in [-0.1, -0.05) is 18.2 Å². The maximum atomic E-state index is 9.97. The van der Waals surface area contributed by atoms with Crippen molar-refractivity contribution in [1.29, 1.82) is 0 Å². The molecule has 2 aromatic carbocycles. The minimum Gasteiger partial charge on any atom is -0.504 e. The van der Waals surface area contributed by atoms with Crippen molar-refractivity contribution in [3.8, 4) is 11.5 Å². The lowest BCUT2D eigenvalue weighted by Crippen LogP contribution is -2.05. The number of phenolic OH excluding ortho intramolecular Hbond substituents is 1. The van der Waals surface area contributed by atoms with Gasteiger partial charge in [-0.15, -0.1) is 0 Å². The molecule has 0 spiro atoms. The maximum Gasteiger partial charge on any atom is 0.173 e. The molecule has 0 atom stereocenters. The van der Waals surface area contributed by atoms with Crippen LogP contribution in [0.3, 0.4) is 0 Å². The Labute approximate surface area is 105 Å². The first kappa shape index (κ1) is 11.0. The Morgan fingerprint density at radius 3 is 2.61 bits per heavy atom. The molecule has 0 radical (unpaired) electrons. The number of ether oxygens (including phenoxy) is 1. The van der Waals surface area contributed by atoms with Gasteiger partial charge in [0.25, 0.3) is 0 Å². The van der Waals surface area contributed by atoms with Crippen LogP contribution in [0.25, 0.3) is 21.9 Å². The van der Waals surface area contributed by atoms with E-state index < -0.39 is 0 Å². The van der Waals surface area contributed by atoms with Crippen LogP contribution in [0.1, 0.15) is 13.8 Å². The van der Waals surface area contributed by atoms with Gasteiger partial charge in [0.2, 0.25) is 0 Å². The Hall–Kier alpha value is -2.16. The monoisotopic (exact) mass is 242 g/mol. The zero-order chi connectivity index (χ0) is 12.7. The van der Waals surface area contributed by atoms with E-state index in [9.17, 15) is 5.11 Å². The van der Waals surface area contributed by atoms with Gasteiger partial charge in [0.15, 0.2) is 11.5 Å². The average molecular weight is 242 g/mol. The molecule has 18 heavy (non-hydrogen) atoms. The number of rotatable bonds is 2. The van der Waals surface area contributed by atoms with Crippen LogP contribution in [0.15, 0.2) is 40.8 Å². The second-order valence-corrected chi connectivity index (χ2v) is 4.55. The molecule has 0 saturated carbocycles. The van der Waals surface area contributed by atoms with Gasteiger partial charge in [0.05, 0.1) is 11.5 Å². The molecule has 0 saturated heterocycles.